The molecular weight excluding hydrogens is 222 g/mol. The third kappa shape index (κ3) is 3.34. The summed E-state index contributed by atoms with van der Waals surface area (Å²) >= 11 is 0. The molecule has 1 spiro atoms. The van der Waals surface area contributed by atoms with Crippen LogP contribution in [0.4, 0.5) is 0 Å². The molecule has 104 valence electrons. The van der Waals surface area contributed by atoms with Crippen LogP contribution < -0.4 is 0 Å². The first kappa shape index (κ1) is 14.0. The zero-order valence-electron chi connectivity index (χ0n) is 12.4. The summed E-state index contributed by atoms with van der Waals surface area (Å²) in [5.41, 5.74) is 0.472. The van der Waals surface area contributed by atoms with E-state index in [-0.39, 0.29) is 5.41 Å². The molecule has 2 heteroatoms. The fourth-order valence-electron chi connectivity index (χ4n) is 3.43. The van der Waals surface area contributed by atoms with Gasteiger partial charge in [-0.2, -0.15) is 0 Å². The Hall–Kier alpha value is -0.370. The maximum absolute atomic E-state index is 12.1. The summed E-state index contributed by atoms with van der Waals surface area (Å²) in [6, 6.07) is 0. The van der Waals surface area contributed by atoms with E-state index >= 15 is 0 Å². The summed E-state index contributed by atoms with van der Waals surface area (Å²) in [4.78, 5) is 14.4. The topological polar surface area (TPSA) is 20.3 Å². The lowest BCUT2D eigenvalue weighted by Gasteiger charge is -2.44. The van der Waals surface area contributed by atoms with Gasteiger partial charge >= 0.3 is 0 Å². The van der Waals surface area contributed by atoms with Crippen LogP contribution in [-0.4, -0.2) is 30.3 Å². The van der Waals surface area contributed by atoms with E-state index in [9.17, 15) is 4.79 Å². The van der Waals surface area contributed by atoms with Crippen molar-refractivity contribution in [2.75, 3.05) is 19.6 Å². The number of carbonyl (C=O) groups excluding carboxylic acids is 1. The Balaban J connectivity index is 1.81. The smallest absolute Gasteiger partial charge is 0.152 e. The molecule has 1 saturated heterocycles. The van der Waals surface area contributed by atoms with E-state index in [1.54, 1.807) is 0 Å². The Labute approximate surface area is 112 Å². The van der Waals surface area contributed by atoms with E-state index < -0.39 is 0 Å². The summed E-state index contributed by atoms with van der Waals surface area (Å²) in [6.07, 6.45) is 9.83. The van der Waals surface area contributed by atoms with Crippen LogP contribution in [0.2, 0.25) is 0 Å². The standard InChI is InChI=1S/C16H29NO/c1-15(2,3)14(18)13-17-11-9-16(10-12-17)7-5-4-6-8-16/h4-13H2,1-3H3. The van der Waals surface area contributed by atoms with Gasteiger partial charge in [-0.1, -0.05) is 40.0 Å². The molecule has 0 aromatic rings. The van der Waals surface area contributed by atoms with Crippen molar-refractivity contribution in [2.24, 2.45) is 10.8 Å². The van der Waals surface area contributed by atoms with Gasteiger partial charge in [0, 0.05) is 5.41 Å². The average Bonchev–Trinajstić information content (AvgIpc) is 2.32. The van der Waals surface area contributed by atoms with Gasteiger partial charge in [-0.05, 0) is 44.2 Å². The third-order valence-electron chi connectivity index (χ3n) is 5.03. The second-order valence-electron chi connectivity index (χ2n) is 7.51. The molecule has 1 aliphatic heterocycles. The molecule has 0 aromatic heterocycles. The quantitative estimate of drug-likeness (QED) is 0.746. The fourth-order valence-corrected chi connectivity index (χ4v) is 3.43. The zero-order chi connectivity index (χ0) is 13.2. The van der Waals surface area contributed by atoms with E-state index in [4.69, 9.17) is 0 Å². The number of rotatable bonds is 2. The maximum Gasteiger partial charge on any atom is 0.152 e. The van der Waals surface area contributed by atoms with E-state index in [2.05, 4.69) is 4.90 Å². The molecule has 0 unspecified atom stereocenters. The van der Waals surface area contributed by atoms with Gasteiger partial charge in [0.15, 0.2) is 5.78 Å². The summed E-state index contributed by atoms with van der Waals surface area (Å²) in [5, 5.41) is 0. The van der Waals surface area contributed by atoms with E-state index in [1.165, 1.54) is 44.9 Å². The fraction of sp³-hybridized carbons (Fsp3) is 0.938. The number of piperidine rings is 1. The number of Topliss-reactive ketones (excluding diaryl/α,β-unsaturated/α-hetero) is 1. The lowest BCUT2D eigenvalue weighted by atomic mass is 9.68. The molecule has 2 nitrogen and oxygen atoms in total. The van der Waals surface area contributed by atoms with Crippen LogP contribution in [0, 0.1) is 10.8 Å². The second kappa shape index (κ2) is 5.32. The monoisotopic (exact) mass is 251 g/mol. The lowest BCUT2D eigenvalue weighted by molar-refractivity contribution is -0.128. The minimum absolute atomic E-state index is 0.181. The first-order chi connectivity index (χ1) is 8.41. The Kier molecular flexibility index (Phi) is 4.15. The van der Waals surface area contributed by atoms with Crippen molar-refractivity contribution >= 4 is 5.78 Å². The Morgan fingerprint density at radius 1 is 1.00 bits per heavy atom. The molecule has 1 saturated carbocycles. The number of hydrogen-bond acceptors (Lipinski definition) is 2. The molecule has 0 amide bonds. The Bertz CT molecular complexity index is 287. The van der Waals surface area contributed by atoms with Gasteiger partial charge in [0.05, 0.1) is 6.54 Å². The van der Waals surface area contributed by atoms with Crippen molar-refractivity contribution in [2.45, 2.75) is 65.7 Å². The van der Waals surface area contributed by atoms with E-state index in [0.717, 1.165) is 13.1 Å². The summed E-state index contributed by atoms with van der Waals surface area (Å²) < 4.78 is 0. The van der Waals surface area contributed by atoms with Crippen LogP contribution in [0.1, 0.15) is 65.7 Å². The largest absolute Gasteiger partial charge is 0.298 e. The molecule has 1 aliphatic carbocycles. The van der Waals surface area contributed by atoms with Gasteiger partial charge in [-0.25, -0.2) is 0 Å². The van der Waals surface area contributed by atoms with Gasteiger partial charge in [0.25, 0.3) is 0 Å². The van der Waals surface area contributed by atoms with Crippen molar-refractivity contribution in [3.63, 3.8) is 0 Å². The number of ketones is 1. The van der Waals surface area contributed by atoms with Gasteiger partial charge < -0.3 is 0 Å². The van der Waals surface area contributed by atoms with Crippen LogP contribution in [0.15, 0.2) is 0 Å². The first-order valence-corrected chi connectivity index (χ1v) is 7.67. The predicted molar refractivity (Wildman–Crippen MR) is 75.7 cm³/mol. The van der Waals surface area contributed by atoms with Gasteiger partial charge in [-0.3, -0.25) is 9.69 Å². The summed E-state index contributed by atoms with van der Waals surface area (Å²) in [7, 11) is 0. The SMILES string of the molecule is CC(C)(C)C(=O)CN1CCC2(CCCCC2)CC1. The molecular formula is C16H29NO. The van der Waals surface area contributed by atoms with Crippen LogP contribution in [0.3, 0.4) is 0 Å². The van der Waals surface area contributed by atoms with Crippen molar-refractivity contribution in [1.82, 2.24) is 4.90 Å². The molecule has 2 aliphatic rings. The highest BCUT2D eigenvalue weighted by atomic mass is 16.1. The van der Waals surface area contributed by atoms with Crippen LogP contribution >= 0.6 is 0 Å². The maximum atomic E-state index is 12.1. The number of hydrogen-bond donors (Lipinski definition) is 0. The Morgan fingerprint density at radius 3 is 2.06 bits per heavy atom. The van der Waals surface area contributed by atoms with Crippen LogP contribution in [0.5, 0.6) is 0 Å². The van der Waals surface area contributed by atoms with Gasteiger partial charge in [0.2, 0.25) is 0 Å². The molecule has 2 fully saturated rings. The third-order valence-corrected chi connectivity index (χ3v) is 5.03. The predicted octanol–water partition coefficient (Wildman–Crippen LogP) is 3.65. The highest BCUT2D eigenvalue weighted by molar-refractivity contribution is 5.85. The van der Waals surface area contributed by atoms with Crippen molar-refractivity contribution in [1.29, 1.82) is 0 Å². The molecule has 1 heterocycles. The minimum Gasteiger partial charge on any atom is -0.298 e. The summed E-state index contributed by atoms with van der Waals surface area (Å²) in [5.74, 6) is 0.391. The number of nitrogens with zero attached hydrogens (tertiary/aromatic N) is 1. The van der Waals surface area contributed by atoms with Gasteiger partial charge in [0.1, 0.15) is 0 Å². The van der Waals surface area contributed by atoms with Crippen LogP contribution in [0.25, 0.3) is 0 Å². The average molecular weight is 251 g/mol. The molecule has 0 bridgehead atoms. The van der Waals surface area contributed by atoms with Gasteiger partial charge in [-0.15, -0.1) is 0 Å². The molecule has 0 atom stereocenters. The molecule has 0 radical (unpaired) electrons. The second-order valence-corrected chi connectivity index (χ2v) is 7.51. The number of carbonyl (C=O) groups is 1. The van der Waals surface area contributed by atoms with E-state index in [1.807, 2.05) is 20.8 Å². The normalized spacial score (nSPS) is 25.3. The highest BCUT2D eigenvalue weighted by Crippen LogP contribution is 2.44. The molecule has 0 N–H and O–H groups in total. The molecule has 0 aromatic carbocycles. The first-order valence-electron chi connectivity index (χ1n) is 7.67. The number of likely N-dealkylation sites (tertiary alicyclic amines) is 1. The summed E-state index contributed by atoms with van der Waals surface area (Å²) in [6.45, 7) is 9.04. The van der Waals surface area contributed by atoms with Crippen LogP contribution in [-0.2, 0) is 4.79 Å². The van der Waals surface area contributed by atoms with E-state index in [0.29, 0.717) is 17.7 Å². The van der Waals surface area contributed by atoms with Crippen molar-refractivity contribution in [3.8, 4) is 0 Å². The van der Waals surface area contributed by atoms with Crippen molar-refractivity contribution < 1.29 is 4.79 Å². The minimum atomic E-state index is -0.181. The highest BCUT2D eigenvalue weighted by Gasteiger charge is 2.36. The zero-order valence-corrected chi connectivity index (χ0v) is 12.4. The molecule has 18 heavy (non-hydrogen) atoms. The van der Waals surface area contributed by atoms with Crippen molar-refractivity contribution in [3.05, 3.63) is 0 Å². The molecule has 2 rings (SSSR count). The Morgan fingerprint density at radius 2 is 1.56 bits per heavy atom. The lowest BCUT2D eigenvalue weighted by Crippen LogP contribution is -2.44.